The third-order valence-electron chi connectivity index (χ3n) is 10.9. The molecule has 0 saturated heterocycles. The highest BCUT2D eigenvalue weighted by Crippen LogP contribution is 2.53. The first kappa shape index (κ1) is 30.5. The molecule has 0 atom stereocenters. The Kier molecular flexibility index (Phi) is 6.67. The van der Waals surface area contributed by atoms with Crippen LogP contribution in [0.1, 0.15) is 51.3 Å². The number of benzene rings is 7. The number of rotatable bonds is 4. The van der Waals surface area contributed by atoms with Crippen LogP contribution in [0.15, 0.2) is 146 Å². The molecule has 0 saturated carbocycles. The van der Waals surface area contributed by atoms with Gasteiger partial charge in [-0.3, -0.25) is 0 Å². The second-order valence-corrected chi connectivity index (χ2v) is 15.5. The lowest BCUT2D eigenvalue weighted by Gasteiger charge is -2.31. The summed E-state index contributed by atoms with van der Waals surface area (Å²) in [6.07, 6.45) is 0. The van der Waals surface area contributed by atoms with E-state index < -0.39 is 0 Å². The van der Waals surface area contributed by atoms with Crippen LogP contribution in [0, 0.1) is 6.92 Å². The maximum absolute atomic E-state index is 2.52. The molecule has 1 aliphatic carbocycles. The van der Waals surface area contributed by atoms with Gasteiger partial charge in [-0.05, 0) is 108 Å². The lowest BCUT2D eigenvalue weighted by molar-refractivity contribution is 0.423. The average Bonchev–Trinajstić information content (AvgIpc) is 3.58. The van der Waals surface area contributed by atoms with E-state index in [0.29, 0.717) is 0 Å². The molecule has 0 aliphatic heterocycles. The Morgan fingerprint density at radius 3 is 2.02 bits per heavy atom. The van der Waals surface area contributed by atoms with Crippen LogP contribution >= 0.6 is 0 Å². The molecule has 0 radical (unpaired) electrons. The van der Waals surface area contributed by atoms with Gasteiger partial charge in [0, 0.05) is 44.2 Å². The maximum atomic E-state index is 2.52. The first-order valence-corrected chi connectivity index (χ1v) is 17.8. The van der Waals surface area contributed by atoms with Crippen molar-refractivity contribution in [2.24, 2.45) is 0 Å². The van der Waals surface area contributed by atoms with Crippen LogP contribution in [0.3, 0.4) is 0 Å². The van der Waals surface area contributed by atoms with Crippen LogP contribution in [-0.4, -0.2) is 4.57 Å². The van der Waals surface area contributed by atoms with Crippen molar-refractivity contribution in [2.75, 3.05) is 4.90 Å². The highest BCUT2D eigenvalue weighted by atomic mass is 15.1. The van der Waals surface area contributed by atoms with E-state index in [4.69, 9.17) is 0 Å². The molecule has 7 aromatic carbocycles. The van der Waals surface area contributed by atoms with E-state index in [2.05, 4.69) is 197 Å². The van der Waals surface area contributed by atoms with E-state index in [1.807, 2.05) is 0 Å². The highest BCUT2D eigenvalue weighted by molar-refractivity contribution is 6.10. The minimum Gasteiger partial charge on any atom is -0.335 e. The summed E-state index contributed by atoms with van der Waals surface area (Å²) < 4.78 is 2.52. The molecule has 0 amide bonds. The number of nitrogens with zero attached hydrogens (tertiary/aromatic N) is 2. The molecule has 0 unspecified atom stereocenters. The Morgan fingerprint density at radius 2 is 1.22 bits per heavy atom. The number of hydrogen-bond donors (Lipinski definition) is 0. The summed E-state index contributed by atoms with van der Waals surface area (Å²) in [7, 11) is 0. The average molecular weight is 647 g/mol. The number of fused-ring (bicyclic) bond motifs is 7. The smallest absolute Gasteiger partial charge is 0.0546 e. The number of para-hydroxylation sites is 1. The van der Waals surface area contributed by atoms with Crippen LogP contribution in [0.5, 0.6) is 0 Å². The van der Waals surface area contributed by atoms with E-state index in [-0.39, 0.29) is 11.0 Å². The summed E-state index contributed by atoms with van der Waals surface area (Å²) >= 11 is 0. The molecule has 2 nitrogen and oxygen atoms in total. The zero-order valence-corrected chi connectivity index (χ0v) is 29.8. The minimum absolute atomic E-state index is 0.107. The van der Waals surface area contributed by atoms with Gasteiger partial charge in [0.05, 0.1) is 11.2 Å². The summed E-state index contributed by atoms with van der Waals surface area (Å²) in [5, 5.41) is 5.05. The summed E-state index contributed by atoms with van der Waals surface area (Å²) in [5.41, 5.74) is 15.0. The molecule has 9 rings (SSSR count). The zero-order valence-electron chi connectivity index (χ0n) is 29.8. The van der Waals surface area contributed by atoms with Crippen molar-refractivity contribution in [3.63, 3.8) is 0 Å². The first-order valence-electron chi connectivity index (χ1n) is 17.8. The largest absolute Gasteiger partial charge is 0.335 e. The van der Waals surface area contributed by atoms with Gasteiger partial charge in [-0.15, -0.1) is 0 Å². The molecule has 1 heterocycles. The third kappa shape index (κ3) is 4.48. The predicted octanol–water partition coefficient (Wildman–Crippen LogP) is 13.5. The fourth-order valence-electron chi connectivity index (χ4n) is 8.70. The lowest BCUT2D eigenvalue weighted by atomic mass is 9.82. The summed E-state index contributed by atoms with van der Waals surface area (Å²) in [6.45, 7) is 13.9. The molecule has 0 bridgehead atoms. The van der Waals surface area contributed by atoms with Gasteiger partial charge in [0.1, 0.15) is 0 Å². The Hall–Kier alpha value is -5.60. The molecule has 0 fully saturated rings. The molecule has 50 heavy (non-hydrogen) atoms. The Bertz CT molecular complexity index is 2610. The molecule has 0 spiro atoms. The van der Waals surface area contributed by atoms with E-state index >= 15 is 0 Å². The molecule has 8 aromatic rings. The van der Waals surface area contributed by atoms with Crippen LogP contribution in [0.2, 0.25) is 0 Å². The van der Waals surface area contributed by atoms with Gasteiger partial charge in [0.15, 0.2) is 0 Å². The van der Waals surface area contributed by atoms with Gasteiger partial charge in [0.2, 0.25) is 0 Å². The van der Waals surface area contributed by atoms with Crippen molar-refractivity contribution in [2.45, 2.75) is 52.5 Å². The zero-order chi connectivity index (χ0) is 34.4. The van der Waals surface area contributed by atoms with E-state index in [9.17, 15) is 0 Å². The Morgan fingerprint density at radius 1 is 0.540 bits per heavy atom. The number of anilines is 3. The van der Waals surface area contributed by atoms with Gasteiger partial charge in [0.25, 0.3) is 0 Å². The molecule has 0 N–H and O–H groups in total. The van der Waals surface area contributed by atoms with Crippen molar-refractivity contribution in [1.29, 1.82) is 0 Å². The molecular weight excluding hydrogens is 605 g/mol. The number of aromatic nitrogens is 1. The van der Waals surface area contributed by atoms with Gasteiger partial charge in [-0.1, -0.05) is 123 Å². The van der Waals surface area contributed by atoms with Crippen LogP contribution < -0.4 is 4.90 Å². The summed E-state index contributed by atoms with van der Waals surface area (Å²) in [4.78, 5) is 2.51. The summed E-state index contributed by atoms with van der Waals surface area (Å²) in [6, 6.07) is 54.1. The van der Waals surface area contributed by atoms with Crippen molar-refractivity contribution < 1.29 is 0 Å². The van der Waals surface area contributed by atoms with Gasteiger partial charge < -0.3 is 9.47 Å². The van der Waals surface area contributed by atoms with Crippen LogP contribution in [0.25, 0.3) is 54.8 Å². The number of hydrogen-bond acceptors (Lipinski definition) is 1. The third-order valence-corrected chi connectivity index (χ3v) is 10.9. The first-order chi connectivity index (χ1) is 24.1. The minimum atomic E-state index is -0.118. The fraction of sp³-hybridized carbons (Fsp3) is 0.167. The van der Waals surface area contributed by atoms with Crippen molar-refractivity contribution in [1.82, 2.24) is 4.57 Å². The van der Waals surface area contributed by atoms with E-state index in [1.54, 1.807) is 0 Å². The van der Waals surface area contributed by atoms with Crippen LogP contribution in [0.4, 0.5) is 17.1 Å². The lowest BCUT2D eigenvalue weighted by Crippen LogP contribution is -2.21. The fourth-order valence-corrected chi connectivity index (χ4v) is 8.70. The number of aryl methyl sites for hydroxylation is 1. The van der Waals surface area contributed by atoms with Crippen molar-refractivity contribution >= 4 is 49.6 Å². The van der Waals surface area contributed by atoms with Crippen molar-refractivity contribution in [3.8, 4) is 22.3 Å². The highest BCUT2D eigenvalue weighted by Gasteiger charge is 2.37. The second-order valence-electron chi connectivity index (χ2n) is 15.5. The molecule has 1 aliphatic rings. The molecule has 1 aromatic heterocycles. The quantitative estimate of drug-likeness (QED) is 0.185. The van der Waals surface area contributed by atoms with Gasteiger partial charge >= 0.3 is 0 Å². The molecule has 244 valence electrons. The normalized spacial score (nSPS) is 13.6. The van der Waals surface area contributed by atoms with Crippen LogP contribution in [-0.2, 0) is 11.0 Å². The maximum Gasteiger partial charge on any atom is 0.0546 e. The van der Waals surface area contributed by atoms with E-state index in [1.165, 1.54) is 71.5 Å². The molecular formula is C48H42N2. The standard InChI is InChI=1S/C48H42N2/c1-31-15-14-21-40-45(31)39-27-25-34(29-41(39)48(40,5)6)49(43-28-23-32-16-10-11-19-36(32)46(43)33-17-8-7-9-18-33)35-24-26-38-37-20-12-13-22-42(37)50(44(38)30-35)47(2,3)4/h7-30H,1-6H3. The van der Waals surface area contributed by atoms with Gasteiger partial charge in [-0.2, -0.15) is 0 Å². The monoisotopic (exact) mass is 646 g/mol. The topological polar surface area (TPSA) is 8.17 Å². The summed E-state index contributed by atoms with van der Waals surface area (Å²) in [5.74, 6) is 0. The predicted molar refractivity (Wildman–Crippen MR) is 214 cm³/mol. The Labute approximate surface area is 295 Å². The molecule has 2 heteroatoms. The Balaban J connectivity index is 1.37. The van der Waals surface area contributed by atoms with E-state index in [0.717, 1.165) is 17.1 Å². The SMILES string of the molecule is Cc1cccc2c1-c1ccc(N(c3ccc4c5ccccc5n(C(C)(C)C)c4c3)c3ccc4ccccc4c3-c3ccccc3)cc1C2(C)C. The van der Waals surface area contributed by atoms with Gasteiger partial charge in [-0.25, -0.2) is 0 Å². The van der Waals surface area contributed by atoms with Crippen molar-refractivity contribution in [3.05, 3.63) is 162 Å². The second kappa shape index (κ2) is 11.0.